The number of carboxylic acids is 1. The lowest BCUT2D eigenvalue weighted by Gasteiger charge is -2.11. The van der Waals surface area contributed by atoms with Crippen LogP contribution in [0.4, 0.5) is 4.39 Å². The van der Waals surface area contributed by atoms with Crippen LogP contribution in [0.3, 0.4) is 0 Å². The lowest BCUT2D eigenvalue weighted by molar-refractivity contribution is 0.0691. The van der Waals surface area contributed by atoms with Gasteiger partial charge in [-0.05, 0) is 44.2 Å². The van der Waals surface area contributed by atoms with Crippen molar-refractivity contribution in [1.29, 1.82) is 0 Å². The van der Waals surface area contributed by atoms with E-state index in [0.29, 0.717) is 5.56 Å². The first-order valence-corrected chi connectivity index (χ1v) is 7.72. The van der Waals surface area contributed by atoms with Gasteiger partial charge in [0.2, 0.25) is 0 Å². The maximum absolute atomic E-state index is 14.3. The zero-order valence-corrected chi connectivity index (χ0v) is 13.5. The quantitative estimate of drug-likeness (QED) is 0.759. The van der Waals surface area contributed by atoms with Crippen LogP contribution in [-0.4, -0.2) is 21.7 Å². The van der Waals surface area contributed by atoms with Crippen molar-refractivity contribution in [3.8, 4) is 5.75 Å². The third-order valence-corrected chi connectivity index (χ3v) is 3.76. The topological polar surface area (TPSA) is 51.5 Å². The molecule has 2 aromatic carbocycles. The fraction of sp³-hybridized carbons (Fsp3) is 0.211. The molecule has 0 saturated carbocycles. The van der Waals surface area contributed by atoms with Crippen molar-refractivity contribution in [3.05, 3.63) is 65.6 Å². The van der Waals surface area contributed by atoms with Gasteiger partial charge in [-0.2, -0.15) is 0 Å². The van der Waals surface area contributed by atoms with Gasteiger partial charge in [0.1, 0.15) is 11.6 Å². The molecule has 1 aromatic heterocycles. The number of halogens is 1. The molecule has 0 atom stereocenters. The average Bonchev–Trinajstić information content (AvgIpc) is 2.91. The van der Waals surface area contributed by atoms with E-state index in [2.05, 4.69) is 0 Å². The monoisotopic (exact) mass is 327 g/mol. The summed E-state index contributed by atoms with van der Waals surface area (Å²) in [6, 6.07) is 12.1. The standard InChI is InChI=1S/C19H18FNO3/c1-12(2)24-15-6-7-17-13(10-15)8-9-21(17)11-14-4-3-5-16(18(14)20)19(22)23/h3-10,12H,11H2,1-2H3,(H,22,23). The minimum Gasteiger partial charge on any atom is -0.491 e. The second-order valence-corrected chi connectivity index (χ2v) is 5.91. The Morgan fingerprint density at radius 3 is 2.75 bits per heavy atom. The molecular weight excluding hydrogens is 309 g/mol. The van der Waals surface area contributed by atoms with Gasteiger partial charge in [0, 0.05) is 22.7 Å². The summed E-state index contributed by atoms with van der Waals surface area (Å²) >= 11 is 0. The molecule has 0 aliphatic carbocycles. The molecule has 0 bridgehead atoms. The molecule has 124 valence electrons. The lowest BCUT2D eigenvalue weighted by Crippen LogP contribution is -2.07. The van der Waals surface area contributed by atoms with Crippen LogP contribution in [0.2, 0.25) is 0 Å². The molecule has 24 heavy (non-hydrogen) atoms. The van der Waals surface area contributed by atoms with Crippen molar-refractivity contribution in [2.45, 2.75) is 26.5 Å². The van der Waals surface area contributed by atoms with Crippen molar-refractivity contribution in [1.82, 2.24) is 4.57 Å². The number of nitrogens with zero attached hydrogens (tertiary/aromatic N) is 1. The SMILES string of the molecule is CC(C)Oc1ccc2c(ccn2Cc2cccc(C(=O)O)c2F)c1. The molecule has 0 aliphatic heterocycles. The summed E-state index contributed by atoms with van der Waals surface area (Å²) in [6.45, 7) is 4.20. The number of rotatable bonds is 5. The van der Waals surface area contributed by atoms with Crippen molar-refractivity contribution in [2.75, 3.05) is 0 Å². The molecule has 0 radical (unpaired) electrons. The number of benzene rings is 2. The van der Waals surface area contributed by atoms with E-state index in [1.807, 2.05) is 48.9 Å². The predicted octanol–water partition coefficient (Wildman–Crippen LogP) is 4.31. The van der Waals surface area contributed by atoms with E-state index >= 15 is 0 Å². The number of aromatic nitrogens is 1. The molecule has 0 saturated heterocycles. The summed E-state index contributed by atoms with van der Waals surface area (Å²) < 4.78 is 21.9. The zero-order chi connectivity index (χ0) is 17.3. The van der Waals surface area contributed by atoms with E-state index in [1.54, 1.807) is 12.1 Å². The first-order chi connectivity index (χ1) is 11.5. The minimum absolute atomic E-state index is 0.0948. The predicted molar refractivity (Wildman–Crippen MR) is 90.2 cm³/mol. The Bertz CT molecular complexity index is 899. The van der Waals surface area contributed by atoms with Gasteiger partial charge >= 0.3 is 5.97 Å². The van der Waals surface area contributed by atoms with Crippen molar-refractivity contribution >= 4 is 16.9 Å². The van der Waals surface area contributed by atoms with E-state index < -0.39 is 11.8 Å². The second-order valence-electron chi connectivity index (χ2n) is 5.91. The largest absolute Gasteiger partial charge is 0.491 e. The van der Waals surface area contributed by atoms with Gasteiger partial charge in [-0.3, -0.25) is 0 Å². The molecular formula is C19H18FNO3. The second kappa shape index (κ2) is 6.35. The van der Waals surface area contributed by atoms with Crippen molar-refractivity contribution < 1.29 is 19.0 Å². The number of ether oxygens (including phenoxy) is 1. The highest BCUT2D eigenvalue weighted by Gasteiger charge is 2.14. The lowest BCUT2D eigenvalue weighted by atomic mass is 10.1. The molecule has 5 heteroatoms. The van der Waals surface area contributed by atoms with Gasteiger partial charge in [-0.1, -0.05) is 12.1 Å². The van der Waals surface area contributed by atoms with Gasteiger partial charge in [-0.25, -0.2) is 9.18 Å². The molecule has 0 fully saturated rings. The van der Waals surface area contributed by atoms with Crippen LogP contribution in [0.1, 0.15) is 29.8 Å². The summed E-state index contributed by atoms with van der Waals surface area (Å²) in [6.07, 6.45) is 1.95. The van der Waals surface area contributed by atoms with Crippen LogP contribution in [0.25, 0.3) is 10.9 Å². The smallest absolute Gasteiger partial charge is 0.338 e. The third-order valence-electron chi connectivity index (χ3n) is 3.76. The molecule has 3 aromatic rings. The van der Waals surface area contributed by atoms with E-state index in [4.69, 9.17) is 9.84 Å². The van der Waals surface area contributed by atoms with Crippen LogP contribution in [0.5, 0.6) is 5.75 Å². The number of aromatic carboxylic acids is 1. The maximum Gasteiger partial charge on any atom is 0.338 e. The Morgan fingerprint density at radius 1 is 1.25 bits per heavy atom. The Kier molecular flexibility index (Phi) is 4.25. The summed E-state index contributed by atoms with van der Waals surface area (Å²) in [5, 5.41) is 10.0. The fourth-order valence-corrected chi connectivity index (χ4v) is 2.71. The van der Waals surface area contributed by atoms with E-state index in [1.165, 1.54) is 6.07 Å². The Balaban J connectivity index is 1.94. The van der Waals surface area contributed by atoms with E-state index in [0.717, 1.165) is 16.7 Å². The Hall–Kier alpha value is -2.82. The highest BCUT2D eigenvalue weighted by Crippen LogP contribution is 2.24. The average molecular weight is 327 g/mol. The summed E-state index contributed by atoms with van der Waals surface area (Å²) in [5.41, 5.74) is 0.970. The zero-order valence-electron chi connectivity index (χ0n) is 13.5. The summed E-state index contributed by atoms with van der Waals surface area (Å²) in [5.74, 6) is -1.16. The Labute approximate surface area is 139 Å². The first-order valence-electron chi connectivity index (χ1n) is 7.72. The molecule has 0 unspecified atom stereocenters. The highest BCUT2D eigenvalue weighted by atomic mass is 19.1. The van der Waals surface area contributed by atoms with Gasteiger partial charge < -0.3 is 14.4 Å². The molecule has 0 spiro atoms. The minimum atomic E-state index is -1.26. The van der Waals surface area contributed by atoms with E-state index in [-0.39, 0.29) is 18.2 Å². The van der Waals surface area contributed by atoms with Crippen LogP contribution >= 0.6 is 0 Å². The van der Waals surface area contributed by atoms with Gasteiger partial charge in [-0.15, -0.1) is 0 Å². The summed E-state index contributed by atoms with van der Waals surface area (Å²) in [7, 11) is 0. The number of hydrogen-bond acceptors (Lipinski definition) is 2. The van der Waals surface area contributed by atoms with E-state index in [9.17, 15) is 9.18 Å². The third kappa shape index (κ3) is 3.11. The van der Waals surface area contributed by atoms with Crippen molar-refractivity contribution in [2.24, 2.45) is 0 Å². The molecule has 0 aliphatic rings. The van der Waals surface area contributed by atoms with Gasteiger partial charge in [0.05, 0.1) is 18.2 Å². The maximum atomic E-state index is 14.3. The number of carbonyl (C=O) groups is 1. The molecule has 3 rings (SSSR count). The van der Waals surface area contributed by atoms with Crippen LogP contribution in [-0.2, 0) is 6.54 Å². The van der Waals surface area contributed by atoms with Gasteiger partial charge in [0.25, 0.3) is 0 Å². The number of fused-ring (bicyclic) bond motifs is 1. The van der Waals surface area contributed by atoms with Crippen LogP contribution < -0.4 is 4.74 Å². The van der Waals surface area contributed by atoms with Gasteiger partial charge in [0.15, 0.2) is 0 Å². The van der Waals surface area contributed by atoms with Crippen LogP contribution in [0.15, 0.2) is 48.7 Å². The van der Waals surface area contributed by atoms with Crippen molar-refractivity contribution in [3.63, 3.8) is 0 Å². The molecule has 0 amide bonds. The number of hydrogen-bond donors (Lipinski definition) is 1. The van der Waals surface area contributed by atoms with Crippen LogP contribution in [0, 0.1) is 5.82 Å². The fourth-order valence-electron chi connectivity index (χ4n) is 2.71. The molecule has 1 heterocycles. The highest BCUT2D eigenvalue weighted by molar-refractivity contribution is 5.88. The summed E-state index contributed by atoms with van der Waals surface area (Å²) in [4.78, 5) is 11.1. The number of carboxylic acid groups (broad SMARTS) is 1. The Morgan fingerprint density at radius 2 is 2.04 bits per heavy atom. The normalized spacial score (nSPS) is 11.2. The first kappa shape index (κ1) is 16.1. The molecule has 1 N–H and O–H groups in total. The molecule has 4 nitrogen and oxygen atoms in total.